The second kappa shape index (κ2) is 11.2. The van der Waals surface area contributed by atoms with Gasteiger partial charge in [-0.2, -0.15) is 4.52 Å². The molecule has 0 aliphatic carbocycles. The monoisotopic (exact) mass is 477 g/mol. The van der Waals surface area contributed by atoms with Gasteiger partial charge in [-0.15, -0.1) is 15.3 Å². The van der Waals surface area contributed by atoms with Gasteiger partial charge < -0.3 is 24.3 Å². The molecule has 1 N–H and O–H groups in total. The molecular weight excluding hydrogens is 450 g/mol. The van der Waals surface area contributed by atoms with E-state index < -0.39 is 0 Å². The molecule has 4 rings (SSSR count). The number of ether oxygens (including phenoxy) is 4. The molecule has 0 spiro atoms. The molecule has 0 fully saturated rings. The maximum Gasteiger partial charge on any atom is 0.231 e. The summed E-state index contributed by atoms with van der Waals surface area (Å²) in [6.07, 6.45) is 0.282. The summed E-state index contributed by atoms with van der Waals surface area (Å²) >= 11 is 0. The van der Waals surface area contributed by atoms with Crippen molar-refractivity contribution >= 4 is 11.6 Å². The highest BCUT2D eigenvalue weighted by molar-refractivity contribution is 5.78. The minimum atomic E-state index is -0.0890. The van der Waals surface area contributed by atoms with Gasteiger partial charge in [-0.3, -0.25) is 4.79 Å². The van der Waals surface area contributed by atoms with Crippen LogP contribution in [0.4, 0.5) is 0 Å². The number of carbonyl (C=O) groups excluding carboxylic acids is 1. The fourth-order valence-corrected chi connectivity index (χ4v) is 3.46. The number of nitrogens with one attached hydrogen (secondary N) is 1. The van der Waals surface area contributed by atoms with Crippen molar-refractivity contribution in [2.45, 2.75) is 13.3 Å². The predicted octanol–water partition coefficient (Wildman–Crippen LogP) is 2.94. The van der Waals surface area contributed by atoms with Crippen LogP contribution in [-0.4, -0.2) is 59.7 Å². The first kappa shape index (κ1) is 23.8. The zero-order valence-corrected chi connectivity index (χ0v) is 19.9. The van der Waals surface area contributed by atoms with E-state index in [0.29, 0.717) is 47.6 Å². The van der Waals surface area contributed by atoms with Crippen LogP contribution in [0.2, 0.25) is 0 Å². The number of hydrogen-bond donors (Lipinski definition) is 1. The molecule has 0 radical (unpaired) electrons. The smallest absolute Gasteiger partial charge is 0.231 e. The van der Waals surface area contributed by atoms with Gasteiger partial charge in [0.05, 0.1) is 39.4 Å². The number of hydrogen-bond acceptors (Lipinski definition) is 8. The molecule has 0 atom stereocenters. The summed E-state index contributed by atoms with van der Waals surface area (Å²) in [5.74, 6) is 2.84. The molecule has 10 nitrogen and oxygen atoms in total. The molecule has 182 valence electrons. The normalized spacial score (nSPS) is 10.7. The third-order valence-electron chi connectivity index (χ3n) is 5.16. The molecule has 0 aliphatic rings. The minimum Gasteiger partial charge on any atom is -0.497 e. The zero-order chi connectivity index (χ0) is 24.6. The third-order valence-corrected chi connectivity index (χ3v) is 5.16. The van der Waals surface area contributed by atoms with E-state index in [2.05, 4.69) is 20.6 Å². The average Bonchev–Trinajstić information content (AvgIpc) is 3.30. The quantitative estimate of drug-likeness (QED) is 0.329. The Balaban J connectivity index is 1.35. The Bertz CT molecular complexity index is 1290. The van der Waals surface area contributed by atoms with Gasteiger partial charge in [0.2, 0.25) is 11.8 Å². The van der Waals surface area contributed by atoms with Crippen LogP contribution in [0.1, 0.15) is 12.5 Å². The highest BCUT2D eigenvalue weighted by Gasteiger charge is 2.16. The van der Waals surface area contributed by atoms with Crippen molar-refractivity contribution in [1.82, 2.24) is 25.1 Å². The van der Waals surface area contributed by atoms with E-state index in [1.54, 1.807) is 36.9 Å². The summed E-state index contributed by atoms with van der Waals surface area (Å²) in [5.41, 5.74) is 2.19. The first-order chi connectivity index (χ1) is 17.1. The van der Waals surface area contributed by atoms with Gasteiger partial charge in [-0.1, -0.05) is 12.1 Å². The third kappa shape index (κ3) is 5.78. The molecule has 35 heavy (non-hydrogen) atoms. The number of fused-ring (bicyclic) bond motifs is 1. The first-order valence-electron chi connectivity index (χ1n) is 11.2. The summed E-state index contributed by atoms with van der Waals surface area (Å²) in [5, 5.41) is 15.8. The fraction of sp³-hybridized carbons (Fsp3) is 0.280. The molecule has 0 saturated heterocycles. The number of aromatic nitrogens is 4. The molecule has 2 aromatic carbocycles. The molecule has 0 aliphatic heterocycles. The van der Waals surface area contributed by atoms with Gasteiger partial charge in [0.1, 0.15) is 23.9 Å². The lowest BCUT2D eigenvalue weighted by atomic mass is 10.1. The van der Waals surface area contributed by atoms with E-state index in [1.165, 1.54) is 0 Å². The van der Waals surface area contributed by atoms with E-state index in [-0.39, 0.29) is 18.9 Å². The SMILES string of the molecule is CCOc1ccc(CC(=O)NCCOc2ccc3nnc(-c4ccc(OC)cc4OC)n3n2)cc1. The molecule has 1 amide bonds. The van der Waals surface area contributed by atoms with Crippen molar-refractivity contribution < 1.29 is 23.7 Å². The van der Waals surface area contributed by atoms with Gasteiger partial charge in [0.15, 0.2) is 11.5 Å². The Labute approximate surface area is 202 Å². The van der Waals surface area contributed by atoms with E-state index in [9.17, 15) is 4.79 Å². The fourth-order valence-electron chi connectivity index (χ4n) is 3.46. The number of rotatable bonds is 11. The van der Waals surface area contributed by atoms with Crippen molar-refractivity contribution in [2.75, 3.05) is 34.0 Å². The molecule has 0 unspecified atom stereocenters. The molecular formula is C25H27N5O5. The van der Waals surface area contributed by atoms with Gasteiger partial charge in [0.25, 0.3) is 0 Å². The summed E-state index contributed by atoms with van der Waals surface area (Å²) in [4.78, 5) is 12.2. The van der Waals surface area contributed by atoms with E-state index in [0.717, 1.165) is 11.3 Å². The van der Waals surface area contributed by atoms with Crippen molar-refractivity contribution in [2.24, 2.45) is 0 Å². The van der Waals surface area contributed by atoms with Crippen molar-refractivity contribution in [3.63, 3.8) is 0 Å². The highest BCUT2D eigenvalue weighted by Crippen LogP contribution is 2.32. The lowest BCUT2D eigenvalue weighted by Gasteiger charge is -2.10. The second-order valence-electron chi connectivity index (χ2n) is 7.48. The lowest BCUT2D eigenvalue weighted by molar-refractivity contribution is -0.120. The van der Waals surface area contributed by atoms with Crippen molar-refractivity contribution in [1.29, 1.82) is 0 Å². The van der Waals surface area contributed by atoms with Crippen LogP contribution in [0.25, 0.3) is 17.0 Å². The molecule has 4 aromatic rings. The van der Waals surface area contributed by atoms with Crippen LogP contribution in [0.5, 0.6) is 23.1 Å². The summed E-state index contributed by atoms with van der Waals surface area (Å²) < 4.78 is 23.5. The zero-order valence-electron chi connectivity index (χ0n) is 19.9. The molecule has 0 bridgehead atoms. The van der Waals surface area contributed by atoms with Gasteiger partial charge in [-0.25, -0.2) is 0 Å². The number of nitrogens with zero attached hydrogens (tertiary/aromatic N) is 4. The average molecular weight is 478 g/mol. The summed E-state index contributed by atoms with van der Waals surface area (Å²) in [7, 11) is 3.17. The minimum absolute atomic E-state index is 0.0890. The van der Waals surface area contributed by atoms with Gasteiger partial charge in [-0.05, 0) is 42.8 Å². The maximum atomic E-state index is 12.2. The number of amides is 1. The molecule has 2 aromatic heterocycles. The first-order valence-corrected chi connectivity index (χ1v) is 11.2. The summed E-state index contributed by atoms with van der Waals surface area (Å²) in [6.45, 7) is 3.14. The Morgan fingerprint density at radius 1 is 0.943 bits per heavy atom. The summed E-state index contributed by atoms with van der Waals surface area (Å²) in [6, 6.07) is 16.4. The van der Waals surface area contributed by atoms with E-state index >= 15 is 0 Å². The number of benzene rings is 2. The second-order valence-corrected chi connectivity index (χ2v) is 7.48. The Morgan fingerprint density at radius 3 is 2.49 bits per heavy atom. The van der Waals surface area contributed by atoms with Crippen LogP contribution in [0.3, 0.4) is 0 Å². The van der Waals surface area contributed by atoms with Crippen LogP contribution in [0, 0.1) is 0 Å². The Kier molecular flexibility index (Phi) is 7.61. The van der Waals surface area contributed by atoms with Crippen LogP contribution < -0.4 is 24.3 Å². The maximum absolute atomic E-state index is 12.2. The van der Waals surface area contributed by atoms with Crippen LogP contribution >= 0.6 is 0 Å². The Hall–Kier alpha value is -4.34. The van der Waals surface area contributed by atoms with Crippen molar-refractivity contribution in [3.8, 4) is 34.5 Å². The topological polar surface area (TPSA) is 109 Å². The Morgan fingerprint density at radius 2 is 1.74 bits per heavy atom. The van der Waals surface area contributed by atoms with Crippen LogP contribution in [0.15, 0.2) is 54.6 Å². The largest absolute Gasteiger partial charge is 0.497 e. The van der Waals surface area contributed by atoms with Crippen molar-refractivity contribution in [3.05, 3.63) is 60.2 Å². The highest BCUT2D eigenvalue weighted by atomic mass is 16.5. The molecule has 2 heterocycles. The lowest BCUT2D eigenvalue weighted by Crippen LogP contribution is -2.29. The standard InChI is InChI=1S/C25H27N5O5/c1-4-34-18-7-5-17(6-8-18)15-23(31)26-13-14-35-24-12-11-22-27-28-25(30(22)29-24)20-10-9-19(32-2)16-21(20)33-3/h5-12,16H,4,13-15H2,1-3H3,(H,26,31). The van der Waals surface area contributed by atoms with Gasteiger partial charge >= 0.3 is 0 Å². The molecule has 0 saturated carbocycles. The van der Waals surface area contributed by atoms with Crippen LogP contribution in [-0.2, 0) is 11.2 Å². The molecule has 10 heteroatoms. The number of carbonyl (C=O) groups is 1. The van der Waals surface area contributed by atoms with Gasteiger partial charge in [0, 0.05) is 12.1 Å². The number of methoxy groups -OCH3 is 2. The van der Waals surface area contributed by atoms with E-state index in [1.807, 2.05) is 43.3 Å². The van der Waals surface area contributed by atoms with E-state index in [4.69, 9.17) is 18.9 Å². The predicted molar refractivity (Wildman–Crippen MR) is 129 cm³/mol.